The number of halogens is 3. The molecule has 0 spiro atoms. The lowest BCUT2D eigenvalue weighted by molar-refractivity contribution is -0.144. The molecule has 134 valence electrons. The lowest BCUT2D eigenvalue weighted by atomic mass is 9.81. The van der Waals surface area contributed by atoms with Gasteiger partial charge in [-0.2, -0.15) is 13.2 Å². The second-order valence-electron chi connectivity index (χ2n) is 5.92. The van der Waals surface area contributed by atoms with Crippen molar-refractivity contribution in [1.29, 1.82) is 0 Å². The van der Waals surface area contributed by atoms with E-state index in [4.69, 9.17) is 5.11 Å². The van der Waals surface area contributed by atoms with Gasteiger partial charge in [0.05, 0.1) is 12.0 Å². The van der Waals surface area contributed by atoms with E-state index in [1.807, 2.05) is 0 Å². The number of nitrogens with one attached hydrogen (secondary N) is 1. The Bertz CT molecular complexity index is 595. The van der Waals surface area contributed by atoms with Gasteiger partial charge in [-0.15, -0.1) is 11.3 Å². The number of alkyl halides is 3. The van der Waals surface area contributed by atoms with Gasteiger partial charge < -0.3 is 10.4 Å². The predicted octanol–water partition coefficient (Wildman–Crippen LogP) is 3.62. The summed E-state index contributed by atoms with van der Waals surface area (Å²) in [5.41, 5.74) is -0.947. The average molecular weight is 364 g/mol. The van der Waals surface area contributed by atoms with Crippen LogP contribution in [0.25, 0.3) is 0 Å². The van der Waals surface area contributed by atoms with Gasteiger partial charge in [0.25, 0.3) is 0 Å². The largest absolute Gasteiger partial charge is 0.481 e. The highest BCUT2D eigenvalue weighted by atomic mass is 32.1. The van der Waals surface area contributed by atoms with E-state index in [1.165, 1.54) is 0 Å². The van der Waals surface area contributed by atoms with Gasteiger partial charge >= 0.3 is 12.1 Å². The van der Waals surface area contributed by atoms with E-state index in [0.717, 1.165) is 16.7 Å². The van der Waals surface area contributed by atoms with E-state index in [-0.39, 0.29) is 16.8 Å². The third-order valence-electron chi connectivity index (χ3n) is 4.28. The van der Waals surface area contributed by atoms with Crippen LogP contribution in [0.5, 0.6) is 0 Å². The number of amides is 1. The Balaban J connectivity index is 1.96. The third-order valence-corrected chi connectivity index (χ3v) is 5.24. The van der Waals surface area contributed by atoms with E-state index in [1.54, 1.807) is 6.92 Å². The van der Waals surface area contributed by atoms with Gasteiger partial charge in [-0.3, -0.25) is 9.59 Å². The first-order chi connectivity index (χ1) is 11.2. The number of rotatable bonds is 5. The highest BCUT2D eigenvalue weighted by Crippen LogP contribution is 2.33. The molecule has 9 heteroatoms. The zero-order valence-electron chi connectivity index (χ0n) is 13.1. The van der Waals surface area contributed by atoms with Crippen LogP contribution in [0.2, 0.25) is 0 Å². The molecule has 0 saturated heterocycles. The van der Waals surface area contributed by atoms with Gasteiger partial charge in [0.15, 0.2) is 5.69 Å². The maximum atomic E-state index is 12.6. The number of carboxylic acid groups (broad SMARTS) is 1. The topological polar surface area (TPSA) is 79.3 Å². The molecule has 1 saturated carbocycles. The summed E-state index contributed by atoms with van der Waals surface area (Å²) in [6, 6.07) is -0.559. The molecule has 24 heavy (non-hydrogen) atoms. The summed E-state index contributed by atoms with van der Waals surface area (Å²) in [6.45, 7) is 1.76. The second kappa shape index (κ2) is 7.50. The summed E-state index contributed by atoms with van der Waals surface area (Å²) in [6.07, 6.45) is -2.22. The number of carbonyl (C=O) groups is 2. The molecule has 1 heterocycles. The normalized spacial score (nSPS) is 22.8. The minimum Gasteiger partial charge on any atom is -0.481 e. The van der Waals surface area contributed by atoms with Crippen LogP contribution in [0, 0.1) is 11.8 Å². The minimum atomic E-state index is -4.49. The number of nitrogens with zero attached hydrogens (tertiary/aromatic N) is 1. The van der Waals surface area contributed by atoms with Gasteiger partial charge in [0, 0.05) is 11.3 Å². The Labute approximate surface area is 141 Å². The summed E-state index contributed by atoms with van der Waals surface area (Å²) < 4.78 is 37.9. The summed E-state index contributed by atoms with van der Waals surface area (Å²) in [4.78, 5) is 26.8. The van der Waals surface area contributed by atoms with E-state index >= 15 is 0 Å². The Hall–Kier alpha value is -1.64. The molecule has 0 radical (unpaired) electrons. The van der Waals surface area contributed by atoms with Crippen molar-refractivity contribution in [2.24, 2.45) is 11.8 Å². The van der Waals surface area contributed by atoms with Gasteiger partial charge in [-0.05, 0) is 32.1 Å². The summed E-state index contributed by atoms with van der Waals surface area (Å²) in [5, 5.41) is 12.9. The molecular formula is C15H19F3N2O3S. The molecular weight excluding hydrogens is 345 g/mol. The van der Waals surface area contributed by atoms with Gasteiger partial charge in [-0.1, -0.05) is 6.92 Å². The first-order valence-corrected chi connectivity index (χ1v) is 8.66. The average Bonchev–Trinajstić information content (AvgIpc) is 3.02. The molecule has 1 fully saturated rings. The van der Waals surface area contributed by atoms with Crippen LogP contribution in [0.4, 0.5) is 13.2 Å². The fraction of sp³-hybridized carbons (Fsp3) is 0.667. The van der Waals surface area contributed by atoms with Crippen LogP contribution >= 0.6 is 11.3 Å². The Kier molecular flexibility index (Phi) is 5.84. The maximum absolute atomic E-state index is 12.6. The quantitative estimate of drug-likeness (QED) is 0.836. The van der Waals surface area contributed by atoms with Crippen molar-refractivity contribution in [1.82, 2.24) is 10.3 Å². The van der Waals surface area contributed by atoms with Gasteiger partial charge in [0.2, 0.25) is 5.91 Å². The molecule has 0 aromatic carbocycles. The van der Waals surface area contributed by atoms with E-state index < -0.39 is 29.8 Å². The van der Waals surface area contributed by atoms with Gasteiger partial charge in [-0.25, -0.2) is 4.98 Å². The number of carbonyl (C=O) groups excluding carboxylic acids is 1. The Morgan fingerprint density at radius 2 is 1.92 bits per heavy atom. The Morgan fingerprint density at radius 3 is 2.38 bits per heavy atom. The van der Waals surface area contributed by atoms with Crippen LogP contribution in [-0.2, 0) is 15.8 Å². The van der Waals surface area contributed by atoms with E-state index in [9.17, 15) is 22.8 Å². The monoisotopic (exact) mass is 364 g/mol. The zero-order chi connectivity index (χ0) is 17.9. The smallest absolute Gasteiger partial charge is 0.434 e. The van der Waals surface area contributed by atoms with Crippen LogP contribution < -0.4 is 5.32 Å². The molecule has 1 aromatic rings. The lowest BCUT2D eigenvalue weighted by Gasteiger charge is -2.26. The number of hydrogen-bond donors (Lipinski definition) is 2. The van der Waals surface area contributed by atoms with Crippen LogP contribution in [0.3, 0.4) is 0 Å². The van der Waals surface area contributed by atoms with Crippen molar-refractivity contribution in [3.8, 4) is 0 Å². The fourth-order valence-electron chi connectivity index (χ4n) is 2.81. The van der Waals surface area contributed by atoms with Crippen LogP contribution in [-0.4, -0.2) is 22.0 Å². The molecule has 0 aliphatic heterocycles. The molecule has 2 N–H and O–H groups in total. The van der Waals surface area contributed by atoms with Crippen LogP contribution in [0.1, 0.15) is 55.8 Å². The number of carboxylic acids is 1. The van der Waals surface area contributed by atoms with E-state index in [0.29, 0.717) is 32.1 Å². The van der Waals surface area contributed by atoms with Gasteiger partial charge in [0.1, 0.15) is 5.01 Å². The fourth-order valence-corrected chi connectivity index (χ4v) is 3.77. The van der Waals surface area contributed by atoms with Crippen molar-refractivity contribution in [3.05, 3.63) is 16.1 Å². The second-order valence-corrected chi connectivity index (χ2v) is 6.81. The third kappa shape index (κ3) is 4.46. The summed E-state index contributed by atoms with van der Waals surface area (Å²) in [5.74, 6) is -1.79. The number of aliphatic carboxylic acids is 1. The molecule has 5 nitrogen and oxygen atoms in total. The van der Waals surface area contributed by atoms with Crippen molar-refractivity contribution in [2.45, 2.75) is 51.2 Å². The molecule has 1 aliphatic carbocycles. The minimum absolute atomic E-state index is 0.234. The molecule has 1 atom stereocenters. The van der Waals surface area contributed by atoms with E-state index in [2.05, 4.69) is 10.3 Å². The molecule has 1 aliphatic rings. The first kappa shape index (κ1) is 18.7. The predicted molar refractivity (Wildman–Crippen MR) is 81.4 cm³/mol. The van der Waals surface area contributed by atoms with Crippen LogP contribution in [0.15, 0.2) is 5.38 Å². The summed E-state index contributed by atoms with van der Waals surface area (Å²) >= 11 is 0.878. The number of hydrogen-bond acceptors (Lipinski definition) is 4. The van der Waals surface area contributed by atoms with Crippen molar-refractivity contribution in [2.75, 3.05) is 0 Å². The van der Waals surface area contributed by atoms with Crippen molar-refractivity contribution < 1.29 is 27.9 Å². The van der Waals surface area contributed by atoms with Crippen molar-refractivity contribution in [3.63, 3.8) is 0 Å². The number of aromatic nitrogens is 1. The number of thiazole rings is 1. The molecule has 1 amide bonds. The molecule has 1 unspecified atom stereocenters. The molecule has 0 bridgehead atoms. The molecule has 2 rings (SSSR count). The Morgan fingerprint density at radius 1 is 1.33 bits per heavy atom. The van der Waals surface area contributed by atoms with Crippen molar-refractivity contribution >= 4 is 23.2 Å². The zero-order valence-corrected chi connectivity index (χ0v) is 13.9. The lowest BCUT2D eigenvalue weighted by Crippen LogP contribution is -2.36. The highest BCUT2D eigenvalue weighted by molar-refractivity contribution is 7.09. The standard InChI is InChI=1S/C15H19F3N2O3S/c1-2-10(13-20-11(7-24-13)15(16,17)18)19-12(21)8-3-5-9(6-4-8)14(22)23/h7-10H,2-6H2,1H3,(H,19,21)(H,22,23). The first-order valence-electron chi connectivity index (χ1n) is 7.78. The maximum Gasteiger partial charge on any atom is 0.434 e. The summed E-state index contributed by atoms with van der Waals surface area (Å²) in [7, 11) is 0. The highest BCUT2D eigenvalue weighted by Gasteiger charge is 2.35. The SMILES string of the molecule is CCC(NC(=O)C1CCC(C(=O)O)CC1)c1nc(C(F)(F)F)cs1. The molecule has 1 aromatic heterocycles.